The van der Waals surface area contributed by atoms with E-state index in [0.29, 0.717) is 28.2 Å². The van der Waals surface area contributed by atoms with Crippen LogP contribution in [0.1, 0.15) is 59.8 Å². The second kappa shape index (κ2) is 7.44. The van der Waals surface area contributed by atoms with Crippen molar-refractivity contribution in [1.29, 1.82) is 0 Å². The summed E-state index contributed by atoms with van der Waals surface area (Å²) in [4.78, 5) is 54.6. The Bertz CT molecular complexity index is 1070. The second-order valence-electron chi connectivity index (χ2n) is 7.93. The van der Waals surface area contributed by atoms with Gasteiger partial charge in [0, 0.05) is 11.3 Å². The lowest BCUT2D eigenvalue weighted by Gasteiger charge is -2.42. The van der Waals surface area contributed by atoms with E-state index in [4.69, 9.17) is 4.74 Å². The Labute approximate surface area is 174 Å². The maximum absolute atomic E-state index is 13.3. The van der Waals surface area contributed by atoms with Gasteiger partial charge in [-0.3, -0.25) is 19.3 Å². The third-order valence-electron chi connectivity index (χ3n) is 5.35. The van der Waals surface area contributed by atoms with Crippen molar-refractivity contribution in [2.75, 3.05) is 10.2 Å². The van der Waals surface area contributed by atoms with Crippen LogP contribution in [0.25, 0.3) is 0 Å². The fraction of sp³-hybridized carbons (Fsp3) is 0.364. The van der Waals surface area contributed by atoms with Crippen molar-refractivity contribution in [3.8, 4) is 0 Å². The van der Waals surface area contributed by atoms with Crippen LogP contribution in [0, 0.1) is 13.8 Å². The Kier molecular flexibility index (Phi) is 5.28. The van der Waals surface area contributed by atoms with Gasteiger partial charge in [0.2, 0.25) is 5.91 Å². The molecule has 0 aliphatic carbocycles. The van der Waals surface area contributed by atoms with Crippen molar-refractivity contribution in [2.24, 2.45) is 0 Å². The van der Waals surface area contributed by atoms with Crippen LogP contribution < -0.4 is 10.2 Å². The fourth-order valence-electron chi connectivity index (χ4n) is 3.78. The van der Waals surface area contributed by atoms with E-state index in [2.05, 4.69) is 10.3 Å². The van der Waals surface area contributed by atoms with Crippen LogP contribution >= 0.6 is 0 Å². The molecule has 1 aliphatic heterocycles. The van der Waals surface area contributed by atoms with Gasteiger partial charge in [0.05, 0.1) is 11.4 Å². The zero-order valence-electron chi connectivity index (χ0n) is 17.9. The quantitative estimate of drug-likeness (QED) is 0.593. The lowest BCUT2D eigenvalue weighted by molar-refractivity contribution is -0.131. The first kappa shape index (κ1) is 21.3. The standard InChI is InChI=1S/C22H25N3O5/c1-11-17(13(3)26)12(2)23-18(11)20(28)30-14(4)19(27)25-16-10-8-7-9-15(16)24-21(29)22(25,5)6/h7-10,14,23H,1-6H3,(H,24,29)/t14-/m1/s1. The number of esters is 1. The molecule has 8 heteroatoms. The van der Waals surface area contributed by atoms with Crippen molar-refractivity contribution in [2.45, 2.75) is 53.2 Å². The summed E-state index contributed by atoms with van der Waals surface area (Å²) in [7, 11) is 0. The largest absolute Gasteiger partial charge is 0.448 e. The number of amides is 2. The number of nitrogens with zero attached hydrogens (tertiary/aromatic N) is 1. The summed E-state index contributed by atoms with van der Waals surface area (Å²) in [6.45, 7) is 9.48. The summed E-state index contributed by atoms with van der Waals surface area (Å²) in [5.41, 5.74) is 1.47. The number of nitrogens with one attached hydrogen (secondary N) is 2. The van der Waals surface area contributed by atoms with E-state index in [-0.39, 0.29) is 17.4 Å². The van der Waals surface area contributed by atoms with E-state index in [0.717, 1.165) is 0 Å². The summed E-state index contributed by atoms with van der Waals surface area (Å²) in [6.07, 6.45) is -1.15. The average Bonchev–Trinajstić information content (AvgIpc) is 2.96. The fourth-order valence-corrected chi connectivity index (χ4v) is 3.78. The number of aromatic nitrogens is 1. The van der Waals surface area contributed by atoms with Crippen LogP contribution in [0.3, 0.4) is 0 Å². The van der Waals surface area contributed by atoms with Crippen LogP contribution in [0.2, 0.25) is 0 Å². The normalized spacial score (nSPS) is 15.8. The zero-order valence-corrected chi connectivity index (χ0v) is 17.9. The number of aryl methyl sites for hydroxylation is 1. The molecule has 0 radical (unpaired) electrons. The number of benzene rings is 1. The highest BCUT2D eigenvalue weighted by Gasteiger charge is 2.45. The van der Waals surface area contributed by atoms with E-state index in [1.807, 2.05) is 0 Å². The first-order chi connectivity index (χ1) is 14.0. The summed E-state index contributed by atoms with van der Waals surface area (Å²) >= 11 is 0. The number of anilines is 2. The topological polar surface area (TPSA) is 109 Å². The lowest BCUT2D eigenvalue weighted by atomic mass is 9.95. The van der Waals surface area contributed by atoms with E-state index >= 15 is 0 Å². The number of carbonyl (C=O) groups is 4. The van der Waals surface area contributed by atoms with Gasteiger partial charge in [-0.25, -0.2) is 4.79 Å². The molecule has 0 bridgehead atoms. The maximum Gasteiger partial charge on any atom is 0.355 e. The van der Waals surface area contributed by atoms with Crippen molar-refractivity contribution >= 4 is 34.9 Å². The van der Waals surface area contributed by atoms with Gasteiger partial charge in [0.15, 0.2) is 11.9 Å². The molecule has 2 aromatic rings. The third kappa shape index (κ3) is 3.38. The molecule has 0 fully saturated rings. The number of carbonyl (C=O) groups excluding carboxylic acids is 4. The Morgan fingerprint density at radius 1 is 1.13 bits per heavy atom. The van der Waals surface area contributed by atoms with Crippen LogP contribution in [0.5, 0.6) is 0 Å². The number of hydrogen-bond donors (Lipinski definition) is 2. The molecule has 1 atom stereocenters. The second-order valence-corrected chi connectivity index (χ2v) is 7.93. The molecule has 2 heterocycles. The van der Waals surface area contributed by atoms with Crippen LogP contribution in [0.4, 0.5) is 11.4 Å². The first-order valence-corrected chi connectivity index (χ1v) is 9.62. The van der Waals surface area contributed by atoms with Gasteiger partial charge in [-0.2, -0.15) is 0 Å². The molecule has 158 valence electrons. The highest BCUT2D eigenvalue weighted by Crippen LogP contribution is 2.37. The summed E-state index contributed by atoms with van der Waals surface area (Å²) < 4.78 is 5.42. The highest BCUT2D eigenvalue weighted by atomic mass is 16.5. The Morgan fingerprint density at radius 2 is 1.77 bits per heavy atom. The van der Waals surface area contributed by atoms with Gasteiger partial charge >= 0.3 is 5.97 Å². The van der Waals surface area contributed by atoms with Crippen molar-refractivity contribution in [3.63, 3.8) is 0 Å². The molecule has 1 aliphatic rings. The number of rotatable bonds is 4. The first-order valence-electron chi connectivity index (χ1n) is 9.62. The molecule has 0 saturated carbocycles. The summed E-state index contributed by atoms with van der Waals surface area (Å²) in [5, 5.41) is 2.79. The SMILES string of the molecule is CC(=O)c1c(C)[nH]c(C(=O)O[C@H](C)C(=O)N2c3ccccc3NC(=O)C2(C)C)c1C. The van der Waals surface area contributed by atoms with Crippen molar-refractivity contribution in [3.05, 3.63) is 46.8 Å². The summed E-state index contributed by atoms with van der Waals surface area (Å²) in [6, 6.07) is 6.94. The van der Waals surface area contributed by atoms with Gasteiger partial charge in [-0.1, -0.05) is 12.1 Å². The van der Waals surface area contributed by atoms with E-state index in [1.165, 1.54) is 18.7 Å². The monoisotopic (exact) mass is 411 g/mol. The minimum atomic E-state index is -1.17. The number of para-hydroxylation sites is 2. The van der Waals surface area contributed by atoms with Crippen LogP contribution in [-0.4, -0.2) is 40.2 Å². The smallest absolute Gasteiger partial charge is 0.355 e. The molecule has 30 heavy (non-hydrogen) atoms. The minimum absolute atomic E-state index is 0.133. The van der Waals surface area contributed by atoms with E-state index in [9.17, 15) is 19.2 Å². The average molecular weight is 411 g/mol. The Hall–Kier alpha value is -3.42. The number of Topliss-reactive ketones (excluding diaryl/α,β-unsaturated/α-hetero) is 1. The molecule has 8 nitrogen and oxygen atoms in total. The maximum atomic E-state index is 13.3. The predicted octanol–water partition coefficient (Wildman–Crippen LogP) is 3.14. The molecule has 0 saturated heterocycles. The number of H-pyrrole nitrogens is 1. The predicted molar refractivity (Wildman–Crippen MR) is 112 cm³/mol. The molecule has 1 aromatic carbocycles. The van der Waals surface area contributed by atoms with Crippen LogP contribution in [0.15, 0.2) is 24.3 Å². The van der Waals surface area contributed by atoms with Gasteiger partial charge in [0.25, 0.3) is 5.91 Å². The molecular formula is C22H25N3O5. The van der Waals surface area contributed by atoms with Gasteiger partial charge < -0.3 is 15.0 Å². The van der Waals surface area contributed by atoms with Gasteiger partial charge in [-0.05, 0) is 59.2 Å². The molecule has 0 spiro atoms. The molecule has 3 rings (SSSR count). The number of aromatic amines is 1. The number of ether oxygens (including phenoxy) is 1. The molecular weight excluding hydrogens is 386 g/mol. The Balaban J connectivity index is 1.89. The minimum Gasteiger partial charge on any atom is -0.448 e. The van der Waals surface area contributed by atoms with Gasteiger partial charge in [0.1, 0.15) is 11.2 Å². The number of fused-ring (bicyclic) bond motifs is 1. The zero-order chi connectivity index (χ0) is 22.4. The molecule has 2 amide bonds. The molecule has 0 unspecified atom stereocenters. The van der Waals surface area contributed by atoms with Crippen molar-refractivity contribution < 1.29 is 23.9 Å². The van der Waals surface area contributed by atoms with Crippen LogP contribution in [-0.2, 0) is 14.3 Å². The number of ketones is 1. The molecule has 1 aromatic heterocycles. The number of hydrogen-bond acceptors (Lipinski definition) is 5. The summed E-state index contributed by atoms with van der Waals surface area (Å²) in [5.74, 6) is -1.77. The molecule has 2 N–H and O–H groups in total. The van der Waals surface area contributed by atoms with E-state index < -0.39 is 23.5 Å². The third-order valence-corrected chi connectivity index (χ3v) is 5.35. The highest BCUT2D eigenvalue weighted by molar-refractivity contribution is 6.15. The van der Waals surface area contributed by atoms with Crippen molar-refractivity contribution in [1.82, 2.24) is 4.98 Å². The van der Waals surface area contributed by atoms with Gasteiger partial charge in [-0.15, -0.1) is 0 Å². The van der Waals surface area contributed by atoms with E-state index in [1.54, 1.807) is 52.0 Å². The Morgan fingerprint density at radius 3 is 2.37 bits per heavy atom. The lowest BCUT2D eigenvalue weighted by Crippen LogP contribution is -2.60.